The third-order valence-electron chi connectivity index (χ3n) is 2.51. The van der Waals surface area contributed by atoms with Crippen molar-refractivity contribution in [2.45, 2.75) is 64.6 Å². The molecule has 0 aliphatic heterocycles. The maximum atomic E-state index is 13.1. The minimum atomic E-state index is -4.19. The quantitative estimate of drug-likeness (QED) is 0.698. The number of sulfonamides is 1. The smallest absolute Gasteiger partial charge is 0.326 e. The molecule has 10 heteroatoms. The fraction of sp³-hybridized carbons (Fsp3) is 0.562. The van der Waals surface area contributed by atoms with E-state index in [4.69, 9.17) is 9.05 Å². The van der Waals surface area contributed by atoms with E-state index in [1.807, 2.05) is 0 Å². The average molecular weight is 406 g/mol. The zero-order valence-electron chi connectivity index (χ0n) is 16.1. The molecule has 0 bridgehead atoms. The van der Waals surface area contributed by atoms with Crippen LogP contribution >= 0.6 is 7.75 Å². The summed E-state index contributed by atoms with van der Waals surface area (Å²) in [6.45, 7) is 11.2. The van der Waals surface area contributed by atoms with E-state index in [2.05, 4.69) is 9.81 Å². The number of hydrogen-bond donors (Lipinski definition) is 2. The lowest BCUT2D eigenvalue weighted by Crippen LogP contribution is -2.32. The van der Waals surface area contributed by atoms with Crippen molar-refractivity contribution in [2.75, 3.05) is 5.32 Å². The molecule has 0 saturated carbocycles. The Hall–Kier alpha value is -1.25. The third kappa shape index (κ3) is 7.97. The number of hydrogen-bond acceptors (Lipinski definition) is 6. The topological polar surface area (TPSA) is 111 Å². The molecule has 1 aromatic rings. The van der Waals surface area contributed by atoms with Crippen molar-refractivity contribution >= 4 is 29.4 Å². The molecular formula is C16H27N2O6PS. The summed E-state index contributed by atoms with van der Waals surface area (Å²) in [5.74, 6) is -0.277. The van der Waals surface area contributed by atoms with Crippen LogP contribution in [0.2, 0.25) is 0 Å². The minimum Gasteiger partial charge on any atom is -0.326 e. The molecule has 148 valence electrons. The summed E-state index contributed by atoms with van der Waals surface area (Å²) in [7, 11) is -8.38. The normalized spacial score (nSPS) is 13.5. The number of anilines is 1. The molecule has 1 rings (SSSR count). The SMILES string of the molecule is CC(=O)Nc1ccc(S(=O)(=O)NP(=O)(OC(C)(C)C)OC(C)(C)C)cc1. The predicted octanol–water partition coefficient (Wildman–Crippen LogP) is 3.66. The van der Waals surface area contributed by atoms with Crippen LogP contribution in [0, 0.1) is 0 Å². The van der Waals surface area contributed by atoms with Gasteiger partial charge in [-0.05, 0) is 65.8 Å². The number of carbonyl (C=O) groups excluding carboxylic acids is 1. The maximum Gasteiger partial charge on any atom is 0.420 e. The van der Waals surface area contributed by atoms with Crippen LogP contribution in [0.5, 0.6) is 0 Å². The number of carbonyl (C=O) groups is 1. The van der Waals surface area contributed by atoms with Gasteiger partial charge in [-0.2, -0.15) is 0 Å². The second kappa shape index (κ2) is 7.78. The van der Waals surface area contributed by atoms with Crippen LogP contribution in [-0.4, -0.2) is 25.5 Å². The standard InChI is InChI=1S/C16H27N2O6PS/c1-12(19)17-13-8-10-14(11-9-13)26(21,22)18-25(20,23-15(2,3)4)24-16(5,6)7/h8-11H,1-7H3,(H,17,19)(H,18,20). The predicted molar refractivity (Wildman–Crippen MR) is 100 cm³/mol. The highest BCUT2D eigenvalue weighted by Crippen LogP contribution is 2.51. The van der Waals surface area contributed by atoms with Gasteiger partial charge in [0.25, 0.3) is 0 Å². The number of nitrogens with one attached hydrogen (secondary N) is 2. The Bertz CT molecular complexity index is 772. The van der Waals surface area contributed by atoms with Gasteiger partial charge in [0.2, 0.25) is 15.9 Å². The van der Waals surface area contributed by atoms with E-state index >= 15 is 0 Å². The second-order valence-corrected chi connectivity index (χ2v) is 11.3. The van der Waals surface area contributed by atoms with E-state index in [-0.39, 0.29) is 10.8 Å². The lowest BCUT2D eigenvalue weighted by Gasteiger charge is -2.31. The van der Waals surface area contributed by atoms with Crippen molar-refractivity contribution in [3.05, 3.63) is 24.3 Å². The van der Waals surface area contributed by atoms with Gasteiger partial charge in [0.15, 0.2) is 0 Å². The van der Waals surface area contributed by atoms with E-state index in [1.165, 1.54) is 31.2 Å². The fourth-order valence-electron chi connectivity index (χ4n) is 1.90. The van der Waals surface area contributed by atoms with Gasteiger partial charge in [0.1, 0.15) is 0 Å². The van der Waals surface area contributed by atoms with Gasteiger partial charge in [-0.25, -0.2) is 13.0 Å². The highest BCUT2D eigenvalue weighted by atomic mass is 32.2. The Labute approximate surface area is 155 Å². The van der Waals surface area contributed by atoms with Crippen molar-refractivity contribution in [3.63, 3.8) is 0 Å². The summed E-state index contributed by atoms with van der Waals surface area (Å²) in [6, 6.07) is 5.42. The average Bonchev–Trinajstić information content (AvgIpc) is 2.32. The molecule has 0 aliphatic carbocycles. The van der Waals surface area contributed by atoms with Crippen LogP contribution in [0.3, 0.4) is 0 Å². The van der Waals surface area contributed by atoms with Crippen molar-refractivity contribution in [1.29, 1.82) is 0 Å². The molecule has 0 aromatic heterocycles. The maximum absolute atomic E-state index is 13.1. The van der Waals surface area contributed by atoms with Gasteiger partial charge in [-0.1, -0.05) is 0 Å². The van der Waals surface area contributed by atoms with Gasteiger partial charge >= 0.3 is 7.75 Å². The lowest BCUT2D eigenvalue weighted by atomic mass is 10.2. The van der Waals surface area contributed by atoms with Gasteiger partial charge in [-0.15, -0.1) is 4.49 Å². The van der Waals surface area contributed by atoms with Gasteiger partial charge in [0.05, 0.1) is 16.1 Å². The number of amides is 1. The first-order chi connectivity index (χ1) is 11.5. The molecule has 2 N–H and O–H groups in total. The summed E-state index contributed by atoms with van der Waals surface area (Å²) in [4.78, 5) is 10.9. The molecule has 26 heavy (non-hydrogen) atoms. The molecule has 1 amide bonds. The van der Waals surface area contributed by atoms with Crippen molar-refractivity contribution < 1.29 is 26.8 Å². The third-order valence-corrected chi connectivity index (χ3v) is 6.83. The van der Waals surface area contributed by atoms with Crippen LogP contribution in [0.25, 0.3) is 0 Å². The van der Waals surface area contributed by atoms with Crippen molar-refractivity contribution in [1.82, 2.24) is 4.49 Å². The fourth-order valence-corrected chi connectivity index (χ4v) is 5.77. The highest BCUT2D eigenvalue weighted by molar-refractivity contribution is 7.94. The Morgan fingerprint density at radius 3 is 1.73 bits per heavy atom. The summed E-state index contributed by atoms with van der Waals surface area (Å²) in [5, 5.41) is 2.54. The molecule has 0 unspecified atom stereocenters. The summed E-state index contributed by atoms with van der Waals surface area (Å²) in [6.07, 6.45) is 0. The molecule has 0 heterocycles. The molecule has 0 fully saturated rings. The lowest BCUT2D eigenvalue weighted by molar-refractivity contribution is -0.114. The summed E-state index contributed by atoms with van der Waals surface area (Å²) in [5.41, 5.74) is -1.37. The molecular weight excluding hydrogens is 379 g/mol. The largest absolute Gasteiger partial charge is 0.420 e. The molecule has 0 aliphatic rings. The molecule has 0 atom stereocenters. The zero-order chi connectivity index (χ0) is 20.4. The Morgan fingerprint density at radius 1 is 0.962 bits per heavy atom. The number of benzene rings is 1. The van der Waals surface area contributed by atoms with E-state index in [0.29, 0.717) is 5.69 Å². The van der Waals surface area contributed by atoms with E-state index in [9.17, 15) is 17.8 Å². The van der Waals surface area contributed by atoms with Gasteiger partial charge in [0, 0.05) is 12.6 Å². The Balaban J connectivity index is 3.15. The monoisotopic (exact) mass is 406 g/mol. The van der Waals surface area contributed by atoms with E-state index in [0.717, 1.165) is 0 Å². The van der Waals surface area contributed by atoms with Crippen LogP contribution < -0.4 is 9.81 Å². The van der Waals surface area contributed by atoms with Crippen LogP contribution in [0.4, 0.5) is 5.69 Å². The Kier molecular flexibility index (Phi) is 6.82. The van der Waals surface area contributed by atoms with Gasteiger partial charge < -0.3 is 5.32 Å². The minimum absolute atomic E-state index is 0.137. The van der Waals surface area contributed by atoms with Crippen molar-refractivity contribution in [3.8, 4) is 0 Å². The first kappa shape index (κ1) is 22.8. The van der Waals surface area contributed by atoms with Crippen LogP contribution in [0.15, 0.2) is 29.2 Å². The summed E-state index contributed by atoms with van der Waals surface area (Å²) < 4.78 is 51.2. The van der Waals surface area contributed by atoms with E-state index in [1.54, 1.807) is 41.5 Å². The van der Waals surface area contributed by atoms with E-state index < -0.39 is 29.0 Å². The van der Waals surface area contributed by atoms with Crippen LogP contribution in [0.1, 0.15) is 48.5 Å². The zero-order valence-corrected chi connectivity index (χ0v) is 17.8. The molecule has 0 radical (unpaired) electrons. The highest BCUT2D eigenvalue weighted by Gasteiger charge is 2.39. The Morgan fingerprint density at radius 2 is 1.38 bits per heavy atom. The van der Waals surface area contributed by atoms with Crippen LogP contribution in [-0.2, 0) is 28.4 Å². The molecule has 8 nitrogen and oxygen atoms in total. The molecule has 0 spiro atoms. The molecule has 1 aromatic carbocycles. The van der Waals surface area contributed by atoms with Crippen molar-refractivity contribution in [2.24, 2.45) is 0 Å². The molecule has 0 saturated heterocycles. The second-order valence-electron chi connectivity index (χ2n) is 7.71. The summed E-state index contributed by atoms with van der Waals surface area (Å²) >= 11 is 0. The van der Waals surface area contributed by atoms with Gasteiger partial charge in [-0.3, -0.25) is 13.8 Å². The first-order valence-corrected chi connectivity index (χ1v) is 11.0. The number of rotatable bonds is 6. The first-order valence-electron chi connectivity index (χ1n) is 7.95.